The molecule has 0 spiro atoms. The van der Waals surface area contributed by atoms with E-state index in [1.807, 2.05) is 65.2 Å². The molecule has 4 aromatic rings. The van der Waals surface area contributed by atoms with E-state index < -0.39 is 5.60 Å². The Morgan fingerprint density at radius 1 is 1.00 bits per heavy atom. The number of nitrogens with one attached hydrogen (secondary N) is 1. The van der Waals surface area contributed by atoms with E-state index in [0.29, 0.717) is 13.1 Å². The van der Waals surface area contributed by atoms with Crippen LogP contribution in [0.15, 0.2) is 84.7 Å². The molecule has 0 aliphatic rings. The zero-order valence-electron chi connectivity index (χ0n) is 28.3. The molecule has 0 atom stereocenters. The third kappa shape index (κ3) is 11.8. The van der Waals surface area contributed by atoms with Crippen molar-refractivity contribution in [3.63, 3.8) is 0 Å². The molecule has 0 radical (unpaired) electrons. The Bertz CT molecular complexity index is 1510. The summed E-state index contributed by atoms with van der Waals surface area (Å²) in [6.45, 7) is 15.2. The number of aromatic nitrogens is 3. The maximum atomic E-state index is 12.6. The molecule has 3 aromatic heterocycles. The van der Waals surface area contributed by atoms with Gasteiger partial charge in [0.05, 0.1) is 16.3 Å². The number of amides is 1. The predicted molar refractivity (Wildman–Crippen MR) is 197 cm³/mol. The van der Waals surface area contributed by atoms with E-state index in [9.17, 15) is 4.79 Å². The van der Waals surface area contributed by atoms with Crippen LogP contribution in [0.25, 0.3) is 0 Å². The number of anilines is 2. The topological polar surface area (TPSA) is 80.2 Å². The van der Waals surface area contributed by atoms with Gasteiger partial charge in [0.2, 0.25) is 0 Å². The van der Waals surface area contributed by atoms with Crippen molar-refractivity contribution in [2.75, 3.05) is 24.7 Å². The van der Waals surface area contributed by atoms with Crippen molar-refractivity contribution in [2.24, 2.45) is 0 Å². The summed E-state index contributed by atoms with van der Waals surface area (Å²) in [6, 6.07) is 14.6. The van der Waals surface area contributed by atoms with Crippen LogP contribution in [-0.4, -0.2) is 50.9 Å². The van der Waals surface area contributed by atoms with Crippen LogP contribution in [-0.2, 0) is 17.6 Å². The van der Waals surface area contributed by atoms with Crippen LogP contribution in [0.1, 0.15) is 72.7 Å². The fourth-order valence-corrected chi connectivity index (χ4v) is 8.05. The molecular formula is C35H47N5O2S4. The van der Waals surface area contributed by atoms with Crippen molar-refractivity contribution in [2.45, 2.75) is 104 Å². The highest BCUT2D eigenvalue weighted by atomic mass is 32.2. The Balaban J connectivity index is 0.00000282. The third-order valence-corrected chi connectivity index (χ3v) is 10.1. The van der Waals surface area contributed by atoms with Crippen LogP contribution >= 0.6 is 46.6 Å². The largest absolute Gasteiger partial charge is 0.444 e. The van der Waals surface area contributed by atoms with E-state index in [-0.39, 0.29) is 6.09 Å². The van der Waals surface area contributed by atoms with Crippen LogP contribution in [0.3, 0.4) is 0 Å². The number of thiazole rings is 1. The molecule has 0 saturated carbocycles. The number of hydrogen-bond acceptors (Lipinski definition) is 10. The number of hydrogen-bond donors (Lipinski definition) is 1. The molecule has 0 fully saturated rings. The van der Waals surface area contributed by atoms with Gasteiger partial charge in [-0.3, -0.25) is 4.98 Å². The zero-order valence-corrected chi connectivity index (χ0v) is 31.5. The van der Waals surface area contributed by atoms with Crippen LogP contribution in [0, 0.1) is 0 Å². The summed E-state index contributed by atoms with van der Waals surface area (Å²) in [5.74, 6) is 0.775. The molecule has 1 amide bonds. The first-order valence-electron chi connectivity index (χ1n) is 15.8. The second kappa shape index (κ2) is 19.2. The monoisotopic (exact) mass is 697 g/mol. The van der Waals surface area contributed by atoms with E-state index in [1.165, 1.54) is 9.79 Å². The first-order chi connectivity index (χ1) is 22.2. The predicted octanol–water partition coefficient (Wildman–Crippen LogP) is 10.9. The minimum absolute atomic E-state index is 0.254. The van der Waals surface area contributed by atoms with Gasteiger partial charge in [-0.1, -0.05) is 69.4 Å². The van der Waals surface area contributed by atoms with Crippen LogP contribution in [0.2, 0.25) is 0 Å². The fraction of sp³-hybridized carbons (Fsp3) is 0.429. The Kier molecular flexibility index (Phi) is 15.7. The summed E-state index contributed by atoms with van der Waals surface area (Å²) in [4.78, 5) is 34.3. The lowest BCUT2D eigenvalue weighted by molar-refractivity contribution is 0.0248. The lowest BCUT2D eigenvalue weighted by Gasteiger charge is -2.27. The van der Waals surface area contributed by atoms with Crippen LogP contribution < -0.4 is 5.32 Å². The maximum absolute atomic E-state index is 12.6. The van der Waals surface area contributed by atoms with Gasteiger partial charge in [0.1, 0.15) is 11.4 Å². The molecule has 46 heavy (non-hydrogen) atoms. The molecule has 3 heterocycles. The Morgan fingerprint density at radius 3 is 2.41 bits per heavy atom. The second-order valence-electron chi connectivity index (χ2n) is 11.0. The Hall–Kier alpha value is -2.73. The molecule has 4 rings (SSSR count). The van der Waals surface area contributed by atoms with Gasteiger partial charge in [0, 0.05) is 50.4 Å². The van der Waals surface area contributed by atoms with Crippen molar-refractivity contribution < 1.29 is 9.53 Å². The van der Waals surface area contributed by atoms with Gasteiger partial charge >= 0.3 is 6.09 Å². The fourth-order valence-electron chi connectivity index (χ4n) is 4.34. The summed E-state index contributed by atoms with van der Waals surface area (Å²) < 4.78 is 5.59. The summed E-state index contributed by atoms with van der Waals surface area (Å²) in [6.07, 6.45) is 9.04. The van der Waals surface area contributed by atoms with Gasteiger partial charge in [-0.05, 0) is 77.0 Å². The number of ether oxygens (including phenoxy) is 1. The number of carbonyl (C=O) groups is 1. The lowest BCUT2D eigenvalue weighted by atomic mass is 10.2. The SMILES string of the molecule is CC.CCCN(CCCc1csc(Nc2ncc(Sc3ccnc(CC)c3SC)cc2Sc2ccccc2)n1)C(=O)OC(C)(C)C. The molecule has 0 aliphatic heterocycles. The number of carbonyl (C=O) groups excluding carboxylic acids is 1. The van der Waals surface area contributed by atoms with Crippen molar-refractivity contribution >= 4 is 63.7 Å². The molecule has 0 aliphatic carbocycles. The molecule has 11 heteroatoms. The Morgan fingerprint density at radius 2 is 1.74 bits per heavy atom. The minimum atomic E-state index is -0.504. The molecule has 1 aromatic carbocycles. The van der Waals surface area contributed by atoms with E-state index >= 15 is 0 Å². The highest BCUT2D eigenvalue weighted by Crippen LogP contribution is 2.40. The molecule has 0 saturated heterocycles. The molecule has 0 bridgehead atoms. The van der Waals surface area contributed by atoms with E-state index in [2.05, 4.69) is 60.0 Å². The highest BCUT2D eigenvalue weighted by Gasteiger charge is 2.21. The smallest absolute Gasteiger partial charge is 0.410 e. The number of benzene rings is 1. The van der Waals surface area contributed by atoms with E-state index in [0.717, 1.165) is 62.7 Å². The molecule has 7 nitrogen and oxygen atoms in total. The summed E-state index contributed by atoms with van der Waals surface area (Å²) >= 11 is 6.71. The van der Waals surface area contributed by atoms with Gasteiger partial charge in [0.15, 0.2) is 5.13 Å². The van der Waals surface area contributed by atoms with Gasteiger partial charge in [0.25, 0.3) is 0 Å². The number of thioether (sulfide) groups is 1. The maximum Gasteiger partial charge on any atom is 0.410 e. The standard InChI is InChI=1S/C33H41N5O2S4.C2H6/c1-7-18-38(32(39)40-33(3,4)5)19-12-13-23-22-42-31(36-23)37-30-28(43-24-14-10-9-11-15-24)20-25(21-35-30)44-27-16-17-34-26(8-2)29(27)41-6;1-2/h9-11,14-17,20-22H,7-8,12-13,18-19H2,1-6H3,(H,35,36,37);1-2H3. The average Bonchev–Trinajstić information content (AvgIpc) is 3.49. The van der Waals surface area contributed by atoms with Crippen molar-refractivity contribution in [3.8, 4) is 0 Å². The van der Waals surface area contributed by atoms with Gasteiger partial charge in [-0.2, -0.15) is 0 Å². The van der Waals surface area contributed by atoms with E-state index in [1.54, 1.807) is 51.5 Å². The first-order valence-corrected chi connectivity index (χ1v) is 19.5. The van der Waals surface area contributed by atoms with E-state index in [4.69, 9.17) is 14.7 Å². The van der Waals surface area contributed by atoms with Gasteiger partial charge in [-0.15, -0.1) is 23.1 Å². The quantitative estimate of drug-likeness (QED) is 0.129. The van der Waals surface area contributed by atoms with Gasteiger partial charge < -0.3 is 15.0 Å². The molecule has 1 N–H and O–H groups in total. The van der Waals surface area contributed by atoms with Crippen LogP contribution in [0.4, 0.5) is 15.7 Å². The number of nitrogens with zero attached hydrogens (tertiary/aromatic N) is 4. The second-order valence-corrected chi connectivity index (χ2v) is 14.9. The highest BCUT2D eigenvalue weighted by molar-refractivity contribution is 8.02. The number of rotatable bonds is 14. The summed E-state index contributed by atoms with van der Waals surface area (Å²) in [5.41, 5.74) is 1.61. The summed E-state index contributed by atoms with van der Waals surface area (Å²) in [7, 11) is 0. The molecular weight excluding hydrogens is 651 g/mol. The molecule has 248 valence electrons. The normalized spacial score (nSPS) is 11.0. The number of pyridine rings is 2. The van der Waals surface area contributed by atoms with Crippen molar-refractivity contribution in [1.29, 1.82) is 0 Å². The van der Waals surface area contributed by atoms with Crippen molar-refractivity contribution in [1.82, 2.24) is 19.9 Å². The van der Waals surface area contributed by atoms with Crippen molar-refractivity contribution in [3.05, 3.63) is 71.6 Å². The first kappa shape index (κ1) is 37.7. The Labute approximate surface area is 292 Å². The minimum Gasteiger partial charge on any atom is -0.444 e. The van der Waals surface area contributed by atoms with Gasteiger partial charge in [-0.25, -0.2) is 14.8 Å². The van der Waals surface area contributed by atoms with Crippen LogP contribution in [0.5, 0.6) is 0 Å². The number of aryl methyl sites for hydroxylation is 2. The summed E-state index contributed by atoms with van der Waals surface area (Å²) in [5, 5.41) is 6.35. The third-order valence-electron chi connectivity index (χ3n) is 6.29. The lowest BCUT2D eigenvalue weighted by Crippen LogP contribution is -2.38. The zero-order chi connectivity index (χ0) is 33.5. The molecule has 0 unspecified atom stereocenters. The average molecular weight is 698 g/mol.